The van der Waals surface area contributed by atoms with Crippen molar-refractivity contribution in [2.45, 2.75) is 271 Å². The Morgan fingerprint density at radius 2 is 1.01 bits per heavy atom. The van der Waals surface area contributed by atoms with Crippen LogP contribution < -0.4 is 27.0 Å². The number of nitrogens with one attached hydrogen (secondary N) is 5. The molecule has 1 rings (SSSR count). The SMILES string of the molecule is CC(=O)[C@@H](CCC(=O)[C@H](CCCCNC(=O)CC[C@H](NC(=O)CC[C@H](CC(=O)COCCOCCNC(=O)COCCOCCCC(=O)CC[C@H](NC(=O)CCCCCCCCCCCCCCCCC(=O)O)C(=O)O)C(=O)O)C(=O)O)CCC(=O)C(C)(C)CC(=O)[C@@H](N)Cc1cnc[nH]1)C(C)C. The topological polar surface area (TPSA) is 460 Å². The third kappa shape index (κ3) is 49.2. The summed E-state index contributed by atoms with van der Waals surface area (Å²) in [7, 11) is 0. The van der Waals surface area contributed by atoms with Crippen LogP contribution in [0.2, 0.25) is 0 Å². The second-order valence-electron chi connectivity index (χ2n) is 27.9. The molecule has 0 saturated heterocycles. The first-order chi connectivity index (χ1) is 49.0. The Labute approximate surface area is 607 Å². The number of hydrogen-bond acceptors (Lipinski definition) is 20. The number of aromatic nitrogens is 2. The number of carbonyl (C=O) groups excluding carboxylic acids is 10. The van der Waals surface area contributed by atoms with E-state index < -0.39 is 102 Å². The number of Topliss-reactive ketones (excluding diaryl/α,β-unsaturated/α-hetero) is 6. The molecule has 103 heavy (non-hydrogen) atoms. The fourth-order valence-electron chi connectivity index (χ4n) is 11.7. The molecule has 29 nitrogen and oxygen atoms in total. The molecule has 0 fully saturated rings. The number of ether oxygens (including phenoxy) is 4. The predicted octanol–water partition coefficient (Wildman–Crippen LogP) is 7.72. The normalized spacial score (nSPS) is 13.2. The van der Waals surface area contributed by atoms with E-state index in [1.54, 1.807) is 20.0 Å². The van der Waals surface area contributed by atoms with Gasteiger partial charge in [-0.15, -0.1) is 0 Å². The van der Waals surface area contributed by atoms with Crippen LogP contribution in [0.4, 0.5) is 0 Å². The van der Waals surface area contributed by atoms with Gasteiger partial charge < -0.3 is 71.4 Å². The first kappa shape index (κ1) is 93.8. The van der Waals surface area contributed by atoms with Crippen LogP contribution in [0.5, 0.6) is 0 Å². The second kappa shape index (κ2) is 57.1. The van der Waals surface area contributed by atoms with Gasteiger partial charge >= 0.3 is 23.9 Å². The summed E-state index contributed by atoms with van der Waals surface area (Å²) in [5.74, 6) is -10.1. The fraction of sp³-hybridized carbons (Fsp3) is 0.770. The van der Waals surface area contributed by atoms with Crippen LogP contribution in [-0.4, -0.2) is 197 Å². The zero-order valence-corrected chi connectivity index (χ0v) is 62.0. The van der Waals surface area contributed by atoms with E-state index in [4.69, 9.17) is 29.8 Å². The number of aliphatic carboxylic acids is 4. The van der Waals surface area contributed by atoms with E-state index in [-0.39, 0.29) is 189 Å². The highest BCUT2D eigenvalue weighted by molar-refractivity contribution is 5.93. The molecule has 6 atom stereocenters. The van der Waals surface area contributed by atoms with Crippen molar-refractivity contribution >= 4 is 82.2 Å². The van der Waals surface area contributed by atoms with Gasteiger partial charge in [0.15, 0.2) is 11.6 Å². The van der Waals surface area contributed by atoms with Gasteiger partial charge in [0.05, 0.1) is 51.3 Å². The lowest BCUT2D eigenvalue weighted by atomic mass is 9.77. The van der Waals surface area contributed by atoms with Gasteiger partial charge in [-0.05, 0) is 77.0 Å². The molecule has 0 radical (unpaired) electrons. The average Bonchev–Trinajstić information content (AvgIpc) is 1.42. The van der Waals surface area contributed by atoms with Gasteiger partial charge in [0, 0.05) is 119 Å². The number of rotatable bonds is 70. The Kier molecular flexibility index (Phi) is 52.0. The molecule has 1 aromatic rings. The molecule has 4 amide bonds. The molecular weight excluding hydrogens is 1340 g/mol. The van der Waals surface area contributed by atoms with Gasteiger partial charge in [-0.25, -0.2) is 14.6 Å². The minimum Gasteiger partial charge on any atom is -0.481 e. The number of hydrogen-bond donors (Lipinski definition) is 10. The summed E-state index contributed by atoms with van der Waals surface area (Å²) in [6.07, 6.45) is 19.4. The summed E-state index contributed by atoms with van der Waals surface area (Å²) in [6.45, 7) is 8.96. The van der Waals surface area contributed by atoms with Crippen LogP contribution in [0.15, 0.2) is 12.5 Å². The van der Waals surface area contributed by atoms with E-state index >= 15 is 0 Å². The van der Waals surface area contributed by atoms with Crippen LogP contribution in [-0.2, 0) is 92.5 Å². The van der Waals surface area contributed by atoms with Gasteiger partial charge in [0.2, 0.25) is 23.6 Å². The number of unbranched alkanes of at least 4 members (excludes halogenated alkanes) is 14. The number of nitrogens with zero attached hydrogens (tertiary/aromatic N) is 1. The van der Waals surface area contributed by atoms with E-state index in [0.29, 0.717) is 44.2 Å². The van der Waals surface area contributed by atoms with Crippen LogP contribution >= 0.6 is 0 Å². The molecule has 0 aliphatic carbocycles. The van der Waals surface area contributed by atoms with E-state index in [1.165, 1.54) is 45.4 Å². The summed E-state index contributed by atoms with van der Waals surface area (Å²) in [5, 5.41) is 48.1. The van der Waals surface area contributed by atoms with Crippen LogP contribution in [0.1, 0.15) is 252 Å². The number of carbonyl (C=O) groups is 14. The Balaban J connectivity index is 2.27. The largest absolute Gasteiger partial charge is 0.481 e. The lowest BCUT2D eigenvalue weighted by Crippen LogP contribution is -2.42. The minimum atomic E-state index is -1.48. The minimum absolute atomic E-state index is 0.00424. The number of carboxylic acids is 4. The lowest BCUT2D eigenvalue weighted by Gasteiger charge is -2.25. The maximum atomic E-state index is 13.7. The summed E-state index contributed by atoms with van der Waals surface area (Å²) < 4.78 is 21.5. The van der Waals surface area contributed by atoms with Crippen molar-refractivity contribution in [3.05, 3.63) is 18.2 Å². The Bertz CT molecular complexity index is 2710. The van der Waals surface area contributed by atoms with Gasteiger partial charge in [0.1, 0.15) is 48.4 Å². The van der Waals surface area contributed by atoms with E-state index in [1.807, 2.05) is 13.8 Å². The van der Waals surface area contributed by atoms with Gasteiger partial charge in [0.25, 0.3) is 0 Å². The lowest BCUT2D eigenvalue weighted by molar-refractivity contribution is -0.145. The fourth-order valence-corrected chi connectivity index (χ4v) is 11.7. The second-order valence-corrected chi connectivity index (χ2v) is 27.9. The van der Waals surface area contributed by atoms with Crippen molar-refractivity contribution in [3.63, 3.8) is 0 Å². The number of imidazole rings is 1. The molecule has 29 heteroatoms. The van der Waals surface area contributed by atoms with Crippen molar-refractivity contribution in [3.8, 4) is 0 Å². The molecular formula is C74H123N7O22. The standard InChI is InChI=1S/C74H123N7O22/c1-52(2)59(53(3)82)30-33-63(85)54(27-34-65(87)74(4,5)47-64(86)60(75)46-56-48-76-51-79-56)23-20-21-37-77-66(88)36-32-62(73(98)99)81-68(90)35-28-55(71(94)95)45-58(84)49-102-43-42-101-40-38-78-69(91)50-103-44-41-100-39-22-24-57(83)29-31-61(72(96)97)80-67(89)25-18-16-14-12-10-8-6-7-9-11-13-15-17-19-26-70(92)93/h48,51-52,54-55,59-62H,6-47,49-50,75H2,1-5H3,(H,76,79)(H,77,88)(H,78,91)(H,80,89)(H,81,90)(H,92,93)(H,94,95)(H,96,97)(H,98,99)/t54-,55-,59+,60+,61+,62+/m1/s1. The maximum absolute atomic E-state index is 13.7. The molecule has 1 aromatic heterocycles. The molecule has 0 spiro atoms. The Hall–Kier alpha value is -7.21. The quantitative estimate of drug-likeness (QED) is 0.0279. The third-order valence-electron chi connectivity index (χ3n) is 18.1. The first-order valence-electron chi connectivity index (χ1n) is 37.2. The summed E-state index contributed by atoms with van der Waals surface area (Å²) >= 11 is 0. The zero-order valence-electron chi connectivity index (χ0n) is 62.0. The molecule has 11 N–H and O–H groups in total. The monoisotopic (exact) mass is 1460 g/mol. The van der Waals surface area contributed by atoms with Crippen molar-refractivity contribution in [2.24, 2.45) is 34.8 Å². The van der Waals surface area contributed by atoms with Crippen LogP contribution in [0, 0.1) is 29.1 Å². The van der Waals surface area contributed by atoms with E-state index in [2.05, 4.69) is 31.2 Å². The van der Waals surface area contributed by atoms with Crippen molar-refractivity contribution < 1.29 is 106 Å². The predicted molar refractivity (Wildman–Crippen MR) is 381 cm³/mol. The van der Waals surface area contributed by atoms with Gasteiger partial charge in [-0.1, -0.05) is 111 Å². The number of H-pyrrole nitrogens is 1. The molecule has 0 aliphatic heterocycles. The highest BCUT2D eigenvalue weighted by Crippen LogP contribution is 2.29. The molecule has 0 unspecified atom stereocenters. The summed E-state index contributed by atoms with van der Waals surface area (Å²) in [5.41, 5.74) is 5.80. The van der Waals surface area contributed by atoms with Crippen LogP contribution in [0.25, 0.3) is 0 Å². The van der Waals surface area contributed by atoms with Gasteiger partial charge in [-0.3, -0.25) is 57.5 Å². The van der Waals surface area contributed by atoms with Crippen molar-refractivity contribution in [1.29, 1.82) is 0 Å². The third-order valence-corrected chi connectivity index (χ3v) is 18.1. The Morgan fingerprint density at radius 3 is 1.56 bits per heavy atom. The molecule has 1 heterocycles. The zero-order chi connectivity index (χ0) is 76.8. The highest BCUT2D eigenvalue weighted by atomic mass is 16.5. The number of aromatic amines is 1. The summed E-state index contributed by atoms with van der Waals surface area (Å²) in [4.78, 5) is 181. The number of ketones is 6. The number of amides is 4. The van der Waals surface area contributed by atoms with Gasteiger partial charge in [-0.2, -0.15) is 0 Å². The first-order valence-corrected chi connectivity index (χ1v) is 37.2. The smallest absolute Gasteiger partial charge is 0.326 e. The molecule has 0 saturated carbocycles. The number of carboxylic acid groups (broad SMARTS) is 4. The van der Waals surface area contributed by atoms with Crippen LogP contribution in [0.3, 0.4) is 0 Å². The summed E-state index contributed by atoms with van der Waals surface area (Å²) in [6, 6.07) is -3.46. The Morgan fingerprint density at radius 1 is 0.485 bits per heavy atom. The molecule has 0 aliphatic rings. The maximum Gasteiger partial charge on any atom is 0.326 e. The average molecular weight is 1460 g/mol. The highest BCUT2D eigenvalue weighted by Gasteiger charge is 2.34. The molecule has 0 bridgehead atoms. The van der Waals surface area contributed by atoms with E-state index in [9.17, 15) is 82.4 Å². The van der Waals surface area contributed by atoms with E-state index in [0.717, 1.165) is 51.4 Å². The number of nitrogens with two attached hydrogens (primary N) is 1. The van der Waals surface area contributed by atoms with Crippen molar-refractivity contribution in [1.82, 2.24) is 31.2 Å². The molecule has 0 aromatic carbocycles. The van der Waals surface area contributed by atoms with Crippen molar-refractivity contribution in [2.75, 3.05) is 65.9 Å². The molecule has 586 valence electrons.